The van der Waals surface area contributed by atoms with E-state index in [1.165, 1.54) is 51.1 Å². The van der Waals surface area contributed by atoms with Crippen molar-refractivity contribution in [3.05, 3.63) is 126 Å². The number of hydrogen-bond acceptors (Lipinski definition) is 13. The van der Waals surface area contributed by atoms with Gasteiger partial charge in [-0.05, 0) is 98.3 Å². The topological polar surface area (TPSA) is 159 Å². The molecule has 0 spiro atoms. The zero-order valence-electron chi connectivity index (χ0n) is 28.6. The van der Waals surface area contributed by atoms with E-state index in [9.17, 15) is 24.0 Å². The molecule has 0 aliphatic rings. The van der Waals surface area contributed by atoms with Gasteiger partial charge in [-0.25, -0.2) is 24.0 Å². The minimum absolute atomic E-state index is 0.000788. The lowest BCUT2D eigenvalue weighted by atomic mass is 10.1. The van der Waals surface area contributed by atoms with Gasteiger partial charge in [-0.1, -0.05) is 31.9 Å². The zero-order valence-corrected chi connectivity index (χ0v) is 28.6. The summed E-state index contributed by atoms with van der Waals surface area (Å²) in [5.74, 6) is -2.30. The Bertz CT molecular complexity index is 2040. The minimum atomic E-state index is -0.743. The van der Waals surface area contributed by atoms with E-state index in [0.29, 0.717) is 16.5 Å². The lowest BCUT2D eigenvalue weighted by Crippen LogP contribution is -2.14. The fourth-order valence-corrected chi connectivity index (χ4v) is 4.03. The van der Waals surface area contributed by atoms with Gasteiger partial charge < -0.3 is 37.9 Å². The predicted molar refractivity (Wildman–Crippen MR) is 186 cm³/mol. The molecule has 0 atom stereocenters. The third-order valence-electron chi connectivity index (χ3n) is 6.74. The van der Waals surface area contributed by atoms with Crippen molar-refractivity contribution in [2.75, 3.05) is 20.4 Å². The van der Waals surface area contributed by atoms with Crippen molar-refractivity contribution >= 4 is 40.6 Å². The Hall–Kier alpha value is -6.89. The summed E-state index contributed by atoms with van der Waals surface area (Å²) < 4.78 is 42.2. The van der Waals surface area contributed by atoms with Gasteiger partial charge in [0.25, 0.3) is 0 Å². The van der Waals surface area contributed by atoms with E-state index in [1.54, 1.807) is 48.5 Å². The molecule has 0 fully saturated rings. The summed E-state index contributed by atoms with van der Waals surface area (Å²) in [6.07, 6.45) is 0. The highest BCUT2D eigenvalue weighted by Gasteiger charge is 2.17. The van der Waals surface area contributed by atoms with E-state index in [4.69, 9.17) is 37.9 Å². The number of fused-ring (bicyclic) bond motifs is 1. The van der Waals surface area contributed by atoms with Crippen molar-refractivity contribution in [2.24, 2.45) is 0 Å². The molecule has 0 saturated carbocycles. The Balaban J connectivity index is 1.39. The summed E-state index contributed by atoms with van der Waals surface area (Å²) in [4.78, 5) is 60.9. The number of carbonyl (C=O) groups is 5. The minimum Gasteiger partial charge on any atom is -0.457 e. The summed E-state index contributed by atoms with van der Waals surface area (Å²) in [5, 5.41) is 1.35. The van der Waals surface area contributed by atoms with Crippen LogP contribution in [-0.4, -0.2) is 50.2 Å². The van der Waals surface area contributed by atoms with Crippen LogP contribution in [0.4, 0.5) is 0 Å². The van der Waals surface area contributed by atoms with Gasteiger partial charge in [0.05, 0.1) is 11.1 Å². The van der Waals surface area contributed by atoms with Crippen LogP contribution < -0.4 is 23.7 Å². The van der Waals surface area contributed by atoms with Gasteiger partial charge in [0.15, 0.2) is 11.5 Å². The van der Waals surface area contributed by atoms with Gasteiger partial charge >= 0.3 is 29.8 Å². The second kappa shape index (κ2) is 17.7. The maximum absolute atomic E-state index is 13.1. The highest BCUT2D eigenvalue weighted by molar-refractivity contribution is 5.97. The SMILES string of the molecule is C=C(C)C(=O)OCOc1ccc(OC(=O)c2ccc3cc(OC(=O)c4ccc(OCOC(=O)C(=C)C)c(OCOC(=O)C(=C)C)c4)ccc3c2)cc1. The average molecular weight is 711 g/mol. The summed E-state index contributed by atoms with van der Waals surface area (Å²) in [6, 6.07) is 20.0. The van der Waals surface area contributed by atoms with Gasteiger partial charge in [-0.15, -0.1) is 0 Å². The van der Waals surface area contributed by atoms with Crippen molar-refractivity contribution in [3.8, 4) is 28.7 Å². The molecule has 0 aromatic heterocycles. The Morgan fingerprint density at radius 2 is 0.885 bits per heavy atom. The normalized spacial score (nSPS) is 10.3. The largest absolute Gasteiger partial charge is 0.457 e. The second-order valence-corrected chi connectivity index (χ2v) is 11.1. The molecular weight excluding hydrogens is 676 g/mol. The predicted octanol–water partition coefficient (Wildman–Crippen LogP) is 6.65. The molecule has 4 aromatic rings. The molecule has 4 aromatic carbocycles. The standard InChI is InChI=1S/C39H34O13/c1-23(2)35(40)48-20-45-30-12-14-31(15-13-30)51-38(43)28-8-7-27-18-32(11-9-26(27)17-28)52-39(44)29-10-16-33(46-21-49-36(41)24(3)4)34(19-29)47-22-50-37(42)25(5)6/h7-19H,1,3,5,20-22H2,2,4,6H3. The van der Waals surface area contributed by atoms with E-state index >= 15 is 0 Å². The third kappa shape index (κ3) is 10.8. The van der Waals surface area contributed by atoms with Gasteiger partial charge in [0.2, 0.25) is 20.4 Å². The summed E-state index contributed by atoms with van der Waals surface area (Å²) in [7, 11) is 0. The number of ether oxygens (including phenoxy) is 8. The zero-order chi connectivity index (χ0) is 37.8. The fraction of sp³-hybridized carbons (Fsp3) is 0.154. The number of esters is 5. The number of rotatable bonds is 16. The number of carbonyl (C=O) groups excluding carboxylic acids is 5. The first kappa shape index (κ1) is 37.9. The molecule has 13 nitrogen and oxygen atoms in total. The van der Waals surface area contributed by atoms with Crippen LogP contribution in [0.1, 0.15) is 41.5 Å². The third-order valence-corrected chi connectivity index (χ3v) is 6.74. The van der Waals surface area contributed by atoms with Crippen LogP contribution in [0, 0.1) is 0 Å². The molecule has 268 valence electrons. The van der Waals surface area contributed by atoms with Crippen molar-refractivity contribution < 1.29 is 61.9 Å². The molecule has 0 saturated heterocycles. The number of benzene rings is 4. The van der Waals surface area contributed by atoms with Crippen LogP contribution in [0.15, 0.2) is 115 Å². The van der Waals surface area contributed by atoms with E-state index < -0.39 is 43.4 Å². The van der Waals surface area contributed by atoms with Crippen molar-refractivity contribution in [2.45, 2.75) is 20.8 Å². The smallest absolute Gasteiger partial charge is 0.343 e. The summed E-state index contributed by atoms with van der Waals surface area (Å²) in [6.45, 7) is 13.7. The molecule has 52 heavy (non-hydrogen) atoms. The Morgan fingerprint density at radius 1 is 0.462 bits per heavy atom. The van der Waals surface area contributed by atoms with Crippen LogP contribution in [-0.2, 0) is 28.6 Å². The first-order valence-electron chi connectivity index (χ1n) is 15.4. The Morgan fingerprint density at radius 3 is 1.46 bits per heavy atom. The van der Waals surface area contributed by atoms with Crippen molar-refractivity contribution in [1.82, 2.24) is 0 Å². The van der Waals surface area contributed by atoms with Gasteiger partial charge in [0.1, 0.15) is 17.2 Å². The van der Waals surface area contributed by atoms with Crippen molar-refractivity contribution in [1.29, 1.82) is 0 Å². The highest BCUT2D eigenvalue weighted by atomic mass is 16.7. The number of hydrogen-bond donors (Lipinski definition) is 0. The van der Waals surface area contributed by atoms with Crippen LogP contribution in [0.5, 0.6) is 28.7 Å². The maximum atomic E-state index is 13.1. The Kier molecular flexibility index (Phi) is 12.9. The van der Waals surface area contributed by atoms with Crippen LogP contribution >= 0.6 is 0 Å². The molecule has 13 heteroatoms. The Labute approximate surface area is 298 Å². The first-order valence-corrected chi connectivity index (χ1v) is 15.4. The fourth-order valence-electron chi connectivity index (χ4n) is 4.03. The quantitative estimate of drug-likeness (QED) is 0.0401. The van der Waals surface area contributed by atoms with E-state index in [-0.39, 0.29) is 57.6 Å². The van der Waals surface area contributed by atoms with Gasteiger partial charge in [-0.3, -0.25) is 0 Å². The molecule has 0 heterocycles. The molecule has 0 unspecified atom stereocenters. The monoisotopic (exact) mass is 710 g/mol. The first-order chi connectivity index (χ1) is 24.8. The lowest BCUT2D eigenvalue weighted by molar-refractivity contribution is -0.147. The molecule has 0 radical (unpaired) electrons. The average Bonchev–Trinajstić information content (AvgIpc) is 3.12. The van der Waals surface area contributed by atoms with E-state index in [2.05, 4.69) is 19.7 Å². The molecule has 4 rings (SSSR count). The van der Waals surface area contributed by atoms with Crippen molar-refractivity contribution in [3.63, 3.8) is 0 Å². The molecular formula is C39H34O13. The van der Waals surface area contributed by atoms with Gasteiger partial charge in [0, 0.05) is 16.7 Å². The molecule has 0 aliphatic carbocycles. The lowest BCUT2D eigenvalue weighted by Gasteiger charge is -2.14. The van der Waals surface area contributed by atoms with E-state index in [0.717, 1.165) is 0 Å². The highest BCUT2D eigenvalue weighted by Crippen LogP contribution is 2.30. The molecule has 0 amide bonds. The van der Waals surface area contributed by atoms with E-state index in [1.807, 2.05) is 0 Å². The molecule has 0 aliphatic heterocycles. The molecule has 0 bridgehead atoms. The summed E-state index contributed by atoms with van der Waals surface area (Å²) >= 11 is 0. The van der Waals surface area contributed by atoms with Crippen LogP contribution in [0.25, 0.3) is 10.8 Å². The molecule has 0 N–H and O–H groups in total. The van der Waals surface area contributed by atoms with Crippen LogP contribution in [0.3, 0.4) is 0 Å². The maximum Gasteiger partial charge on any atom is 0.343 e. The summed E-state index contributed by atoms with van der Waals surface area (Å²) in [5.41, 5.74) is 0.931. The van der Waals surface area contributed by atoms with Crippen LogP contribution in [0.2, 0.25) is 0 Å². The van der Waals surface area contributed by atoms with Gasteiger partial charge in [-0.2, -0.15) is 0 Å². The second-order valence-electron chi connectivity index (χ2n) is 11.1.